The fraction of sp³-hybridized carbons (Fsp3) is 0.786. The van der Waals surface area contributed by atoms with Gasteiger partial charge in [0.2, 0.25) is 11.8 Å². The van der Waals surface area contributed by atoms with Crippen molar-refractivity contribution < 1.29 is 19.1 Å². The first kappa shape index (κ1) is 17.3. The first-order valence-corrected chi connectivity index (χ1v) is 7.17. The van der Waals surface area contributed by atoms with Crippen LogP contribution in [0.5, 0.6) is 0 Å². The molecule has 0 saturated carbocycles. The first-order chi connectivity index (χ1) is 9.65. The van der Waals surface area contributed by atoms with Gasteiger partial charge < -0.3 is 20.3 Å². The monoisotopic (exact) mass is 299 g/mol. The molecule has 120 valence electrons. The maximum absolute atomic E-state index is 12.4. The van der Waals surface area contributed by atoms with E-state index in [1.165, 1.54) is 4.90 Å². The summed E-state index contributed by atoms with van der Waals surface area (Å²) in [6.45, 7) is 7.37. The molecule has 1 aliphatic heterocycles. The van der Waals surface area contributed by atoms with Gasteiger partial charge in [-0.2, -0.15) is 0 Å². The van der Waals surface area contributed by atoms with Gasteiger partial charge in [-0.15, -0.1) is 0 Å². The lowest BCUT2D eigenvalue weighted by Gasteiger charge is -2.27. The SMILES string of the molecule is CNC(=O)C1CCCN1C(=O)C(C)NC(=O)OC(C)(C)C. The standard InChI is InChI=1S/C14H25N3O4/c1-9(16-13(20)21-14(2,3)4)12(19)17-8-6-7-10(17)11(18)15-5/h9-10H,6-8H2,1-5H3,(H,15,18)(H,16,20). The Morgan fingerprint density at radius 1 is 1.29 bits per heavy atom. The van der Waals surface area contributed by atoms with Gasteiger partial charge in [-0.1, -0.05) is 0 Å². The van der Waals surface area contributed by atoms with Gasteiger partial charge in [0.05, 0.1) is 0 Å². The van der Waals surface area contributed by atoms with Crippen molar-refractivity contribution in [2.75, 3.05) is 13.6 Å². The number of alkyl carbamates (subject to hydrolysis) is 1. The predicted molar refractivity (Wildman–Crippen MR) is 77.6 cm³/mol. The van der Waals surface area contributed by atoms with Crippen molar-refractivity contribution in [2.24, 2.45) is 0 Å². The number of likely N-dealkylation sites (tertiary alicyclic amines) is 1. The maximum Gasteiger partial charge on any atom is 0.408 e. The Labute approximate surface area is 125 Å². The van der Waals surface area contributed by atoms with E-state index in [-0.39, 0.29) is 11.8 Å². The quantitative estimate of drug-likeness (QED) is 0.800. The fourth-order valence-corrected chi connectivity index (χ4v) is 2.26. The summed E-state index contributed by atoms with van der Waals surface area (Å²) in [5.41, 5.74) is -0.620. The van der Waals surface area contributed by atoms with E-state index in [1.807, 2.05) is 0 Å². The Kier molecular flexibility index (Phi) is 5.57. The van der Waals surface area contributed by atoms with Gasteiger partial charge in [0.15, 0.2) is 0 Å². The summed E-state index contributed by atoms with van der Waals surface area (Å²) < 4.78 is 5.12. The molecule has 3 amide bonds. The molecule has 2 unspecified atom stereocenters. The topological polar surface area (TPSA) is 87.7 Å². The van der Waals surface area contributed by atoms with Crippen LogP contribution in [-0.4, -0.2) is 54.1 Å². The van der Waals surface area contributed by atoms with Crippen molar-refractivity contribution in [1.29, 1.82) is 0 Å². The van der Waals surface area contributed by atoms with Crippen LogP contribution in [0.25, 0.3) is 0 Å². The lowest BCUT2D eigenvalue weighted by Crippen LogP contribution is -2.52. The smallest absolute Gasteiger partial charge is 0.408 e. The van der Waals surface area contributed by atoms with Gasteiger partial charge >= 0.3 is 6.09 Å². The predicted octanol–water partition coefficient (Wildman–Crippen LogP) is 0.637. The number of likely N-dealkylation sites (N-methyl/N-ethyl adjacent to an activating group) is 1. The van der Waals surface area contributed by atoms with E-state index >= 15 is 0 Å². The van der Waals surface area contributed by atoms with Crippen LogP contribution in [0.1, 0.15) is 40.5 Å². The summed E-state index contributed by atoms with van der Waals surface area (Å²) >= 11 is 0. The number of rotatable bonds is 3. The minimum atomic E-state index is -0.731. The zero-order valence-electron chi connectivity index (χ0n) is 13.4. The molecule has 1 aliphatic rings. The van der Waals surface area contributed by atoms with Crippen LogP contribution in [-0.2, 0) is 14.3 Å². The van der Waals surface area contributed by atoms with Crippen molar-refractivity contribution in [3.05, 3.63) is 0 Å². The molecule has 0 spiro atoms. The molecule has 0 aromatic rings. The molecular weight excluding hydrogens is 274 g/mol. The number of ether oxygens (including phenoxy) is 1. The Balaban J connectivity index is 2.61. The molecule has 1 rings (SSSR count). The molecule has 2 N–H and O–H groups in total. The van der Waals surface area contributed by atoms with Crippen molar-refractivity contribution in [1.82, 2.24) is 15.5 Å². The second kappa shape index (κ2) is 6.78. The molecule has 1 fully saturated rings. The molecule has 21 heavy (non-hydrogen) atoms. The van der Waals surface area contributed by atoms with E-state index in [0.29, 0.717) is 13.0 Å². The number of nitrogens with one attached hydrogen (secondary N) is 2. The Morgan fingerprint density at radius 3 is 2.43 bits per heavy atom. The number of nitrogens with zero attached hydrogens (tertiary/aromatic N) is 1. The molecule has 0 aromatic heterocycles. The Hall–Kier alpha value is -1.79. The van der Waals surface area contributed by atoms with Crippen LogP contribution in [0.4, 0.5) is 4.79 Å². The minimum absolute atomic E-state index is 0.176. The third-order valence-corrected chi connectivity index (χ3v) is 3.19. The summed E-state index contributed by atoms with van der Waals surface area (Å²) in [6, 6.07) is -1.18. The van der Waals surface area contributed by atoms with E-state index in [4.69, 9.17) is 4.74 Å². The second-order valence-electron chi connectivity index (χ2n) is 6.17. The minimum Gasteiger partial charge on any atom is -0.444 e. The number of carbonyl (C=O) groups excluding carboxylic acids is 3. The molecule has 0 radical (unpaired) electrons. The van der Waals surface area contributed by atoms with Crippen LogP contribution in [0.3, 0.4) is 0 Å². The van der Waals surface area contributed by atoms with Crippen LogP contribution in [0.2, 0.25) is 0 Å². The van der Waals surface area contributed by atoms with Gasteiger partial charge in [-0.25, -0.2) is 4.79 Å². The Morgan fingerprint density at radius 2 is 1.90 bits per heavy atom. The van der Waals surface area contributed by atoms with E-state index in [9.17, 15) is 14.4 Å². The van der Waals surface area contributed by atoms with Crippen molar-refractivity contribution in [2.45, 2.75) is 58.2 Å². The van der Waals surface area contributed by atoms with Gasteiger partial charge in [0.1, 0.15) is 17.7 Å². The highest BCUT2D eigenvalue weighted by molar-refractivity contribution is 5.91. The summed E-state index contributed by atoms with van der Waals surface area (Å²) in [7, 11) is 1.55. The van der Waals surface area contributed by atoms with Gasteiger partial charge in [-0.05, 0) is 40.5 Å². The van der Waals surface area contributed by atoms with Gasteiger partial charge in [-0.3, -0.25) is 9.59 Å². The van der Waals surface area contributed by atoms with E-state index in [1.54, 1.807) is 34.7 Å². The summed E-state index contributed by atoms with van der Waals surface area (Å²) in [5, 5.41) is 5.06. The van der Waals surface area contributed by atoms with E-state index < -0.39 is 23.8 Å². The Bertz CT molecular complexity index is 417. The van der Waals surface area contributed by atoms with Crippen molar-refractivity contribution in [3.63, 3.8) is 0 Å². The number of amides is 3. The zero-order chi connectivity index (χ0) is 16.2. The molecule has 7 nitrogen and oxygen atoms in total. The van der Waals surface area contributed by atoms with Gasteiger partial charge in [0.25, 0.3) is 0 Å². The van der Waals surface area contributed by atoms with Crippen molar-refractivity contribution >= 4 is 17.9 Å². The molecule has 0 aromatic carbocycles. The molecule has 0 bridgehead atoms. The lowest BCUT2D eigenvalue weighted by atomic mass is 10.2. The van der Waals surface area contributed by atoms with Crippen LogP contribution in [0.15, 0.2) is 0 Å². The normalized spacial score (nSPS) is 19.9. The highest BCUT2D eigenvalue weighted by Crippen LogP contribution is 2.18. The molecule has 0 aliphatic carbocycles. The van der Waals surface area contributed by atoms with Crippen LogP contribution < -0.4 is 10.6 Å². The highest BCUT2D eigenvalue weighted by Gasteiger charge is 2.36. The molecular formula is C14H25N3O4. The summed E-state index contributed by atoms with van der Waals surface area (Å²) in [4.78, 5) is 37.3. The van der Waals surface area contributed by atoms with E-state index in [0.717, 1.165) is 6.42 Å². The fourth-order valence-electron chi connectivity index (χ4n) is 2.26. The van der Waals surface area contributed by atoms with Crippen LogP contribution >= 0.6 is 0 Å². The largest absolute Gasteiger partial charge is 0.444 e. The second-order valence-corrected chi connectivity index (χ2v) is 6.17. The average Bonchev–Trinajstić information content (AvgIpc) is 2.83. The third kappa shape index (κ3) is 4.91. The first-order valence-electron chi connectivity index (χ1n) is 7.17. The van der Waals surface area contributed by atoms with Crippen molar-refractivity contribution in [3.8, 4) is 0 Å². The molecule has 2 atom stereocenters. The highest BCUT2D eigenvalue weighted by atomic mass is 16.6. The average molecular weight is 299 g/mol. The lowest BCUT2D eigenvalue weighted by molar-refractivity contribution is -0.139. The summed E-state index contributed by atoms with van der Waals surface area (Å²) in [6.07, 6.45) is 0.784. The molecule has 7 heteroatoms. The summed E-state index contributed by atoms with van der Waals surface area (Å²) in [5.74, 6) is -0.447. The number of carbonyl (C=O) groups is 3. The van der Waals surface area contributed by atoms with E-state index in [2.05, 4.69) is 10.6 Å². The molecule has 1 saturated heterocycles. The third-order valence-electron chi connectivity index (χ3n) is 3.19. The molecule has 1 heterocycles. The number of hydrogen-bond donors (Lipinski definition) is 2. The number of hydrogen-bond acceptors (Lipinski definition) is 4. The van der Waals surface area contributed by atoms with Gasteiger partial charge in [0, 0.05) is 13.6 Å². The maximum atomic E-state index is 12.4. The van der Waals surface area contributed by atoms with Crippen LogP contribution in [0, 0.1) is 0 Å². The zero-order valence-corrected chi connectivity index (χ0v) is 13.4.